The summed E-state index contributed by atoms with van der Waals surface area (Å²) in [7, 11) is 0. The maximum Gasteiger partial charge on any atom is 0.410 e. The van der Waals surface area contributed by atoms with Gasteiger partial charge >= 0.3 is 12.2 Å². The zero-order valence-corrected chi connectivity index (χ0v) is 37.0. The highest BCUT2D eigenvalue weighted by atomic mass is 16.6. The lowest BCUT2D eigenvalue weighted by molar-refractivity contribution is 0.0237. The zero-order valence-electron chi connectivity index (χ0n) is 37.0. The Kier molecular flexibility index (Phi) is 13.3. The summed E-state index contributed by atoms with van der Waals surface area (Å²) >= 11 is 0. The molecular weight excluding hydrogens is 747 g/mol. The second-order valence-corrected chi connectivity index (χ2v) is 20.0. The second kappa shape index (κ2) is 17.9. The Hall–Kier alpha value is -4.66. The van der Waals surface area contributed by atoms with Crippen molar-refractivity contribution in [3.8, 4) is 17.6 Å². The van der Waals surface area contributed by atoms with Crippen molar-refractivity contribution in [2.45, 2.75) is 137 Å². The first-order valence-corrected chi connectivity index (χ1v) is 21.8. The number of anilines is 1. The molecule has 3 amide bonds. The molecular formula is C47H67N5O7. The van der Waals surface area contributed by atoms with Crippen LogP contribution in [0.5, 0.6) is 11.5 Å². The monoisotopic (exact) mass is 814 g/mol. The molecule has 0 bridgehead atoms. The fourth-order valence-electron chi connectivity index (χ4n) is 8.78. The van der Waals surface area contributed by atoms with Crippen molar-refractivity contribution in [2.24, 2.45) is 11.3 Å². The number of carbonyl (C=O) groups excluding carboxylic acids is 3. The summed E-state index contributed by atoms with van der Waals surface area (Å²) in [5.74, 6) is 2.30. The third kappa shape index (κ3) is 11.5. The largest absolute Gasteiger partial charge is 0.489 e. The first kappa shape index (κ1) is 43.9. The van der Waals surface area contributed by atoms with Crippen LogP contribution in [0.1, 0.15) is 135 Å². The number of benzene rings is 2. The van der Waals surface area contributed by atoms with Crippen LogP contribution in [0.25, 0.3) is 0 Å². The average molecular weight is 814 g/mol. The van der Waals surface area contributed by atoms with E-state index in [1.54, 1.807) is 15.9 Å². The fraction of sp³-hybridized carbons (Fsp3) is 0.660. The van der Waals surface area contributed by atoms with Crippen molar-refractivity contribution in [1.29, 1.82) is 5.26 Å². The van der Waals surface area contributed by atoms with Crippen LogP contribution in [-0.4, -0.2) is 109 Å². The molecule has 12 nitrogen and oxygen atoms in total. The Balaban J connectivity index is 1.09. The Morgan fingerprint density at radius 1 is 0.627 bits per heavy atom. The normalized spacial score (nSPS) is 22.1. The highest BCUT2D eigenvalue weighted by Gasteiger charge is 2.35. The standard InChI is InChI=1S/C47H67N5O7/c1-45(2,3)35-14-10-32(11-15-35)39-28-33(13-17-40(39)57-38-20-23-52(31-38)44(55)59-47(7,8)9)42(53)50-21-18-37(19-22-50)56-41-29-36(16-12-34(41)30-48)49-24-26-51(27-25-49)43(54)58-46(4,5)6/h12-13,16-17,28-29,32,35,37-38H,10-11,14-15,18-27,31H2,1-9H3/t32-,35-,38-/m0/s1. The number of nitrogens with zero attached hydrogens (tertiary/aromatic N) is 5. The van der Waals surface area contributed by atoms with Crippen LogP contribution in [0.4, 0.5) is 15.3 Å². The van der Waals surface area contributed by atoms with Gasteiger partial charge in [-0.1, -0.05) is 20.8 Å². The van der Waals surface area contributed by atoms with Gasteiger partial charge in [0, 0.05) is 82.4 Å². The van der Waals surface area contributed by atoms with Crippen LogP contribution < -0.4 is 14.4 Å². The van der Waals surface area contributed by atoms with E-state index in [2.05, 4.69) is 37.8 Å². The van der Waals surface area contributed by atoms with Crippen molar-refractivity contribution < 1.29 is 33.3 Å². The molecule has 1 aliphatic carbocycles. The van der Waals surface area contributed by atoms with Crippen LogP contribution >= 0.6 is 0 Å². The van der Waals surface area contributed by atoms with Crippen LogP contribution in [0.3, 0.4) is 0 Å². The number of piperidine rings is 1. The van der Waals surface area contributed by atoms with Crippen molar-refractivity contribution >= 4 is 23.8 Å². The molecule has 3 aliphatic heterocycles. The number of nitriles is 1. The van der Waals surface area contributed by atoms with E-state index in [0.29, 0.717) is 88.0 Å². The Morgan fingerprint density at radius 3 is 1.80 bits per heavy atom. The lowest BCUT2D eigenvalue weighted by Crippen LogP contribution is -2.50. The third-order valence-electron chi connectivity index (χ3n) is 12.1. The number of amides is 3. The van der Waals surface area contributed by atoms with E-state index in [-0.39, 0.29) is 41.6 Å². The average Bonchev–Trinajstić information content (AvgIpc) is 3.65. The van der Waals surface area contributed by atoms with Gasteiger partial charge in [-0.3, -0.25) is 4.79 Å². The molecule has 2 aromatic rings. The lowest BCUT2D eigenvalue weighted by atomic mass is 9.68. The van der Waals surface area contributed by atoms with E-state index < -0.39 is 11.2 Å². The first-order valence-electron chi connectivity index (χ1n) is 21.8. The van der Waals surface area contributed by atoms with Gasteiger partial charge in [-0.25, -0.2) is 9.59 Å². The number of carbonyl (C=O) groups is 3. The van der Waals surface area contributed by atoms with E-state index in [0.717, 1.165) is 49.1 Å². The number of piperazine rings is 1. The molecule has 4 aliphatic rings. The molecule has 0 aromatic heterocycles. The Bertz CT molecular complexity index is 1850. The van der Waals surface area contributed by atoms with Crippen molar-refractivity contribution in [1.82, 2.24) is 14.7 Å². The van der Waals surface area contributed by atoms with Gasteiger partial charge in [0.2, 0.25) is 0 Å². The molecule has 2 aromatic carbocycles. The SMILES string of the molecule is CC(C)(C)OC(=O)N1CCN(c2ccc(C#N)c(OC3CCN(C(=O)c4ccc(O[C@H]5CCN(C(=O)OC(C)(C)C)C5)c([C@H]5CC[C@H](C(C)(C)C)CC5)c4)CC3)c2)CC1. The molecule has 3 heterocycles. The van der Waals surface area contributed by atoms with Gasteiger partial charge in [0.15, 0.2) is 0 Å². The Labute approximate surface area is 352 Å². The summed E-state index contributed by atoms with van der Waals surface area (Å²) in [4.78, 5) is 47.1. The molecule has 1 saturated carbocycles. The van der Waals surface area contributed by atoms with E-state index >= 15 is 0 Å². The van der Waals surface area contributed by atoms with E-state index in [9.17, 15) is 19.6 Å². The molecule has 59 heavy (non-hydrogen) atoms. The van der Waals surface area contributed by atoms with Gasteiger partial charge in [-0.05, 0) is 120 Å². The maximum atomic E-state index is 14.1. The van der Waals surface area contributed by atoms with Gasteiger partial charge in [0.25, 0.3) is 5.91 Å². The molecule has 0 N–H and O–H groups in total. The molecule has 0 radical (unpaired) electrons. The Morgan fingerprint density at radius 2 is 1.20 bits per heavy atom. The van der Waals surface area contributed by atoms with Crippen molar-refractivity contribution in [3.63, 3.8) is 0 Å². The lowest BCUT2D eigenvalue weighted by Gasteiger charge is -2.37. The number of likely N-dealkylation sites (tertiary alicyclic amines) is 2. The fourth-order valence-corrected chi connectivity index (χ4v) is 8.78. The molecule has 1 atom stereocenters. The topological polar surface area (TPSA) is 125 Å². The minimum absolute atomic E-state index is 0.00169. The number of rotatable bonds is 7. The maximum absolute atomic E-state index is 14.1. The minimum atomic E-state index is -0.559. The summed E-state index contributed by atoms with van der Waals surface area (Å²) < 4.78 is 24.3. The summed E-state index contributed by atoms with van der Waals surface area (Å²) in [6.45, 7) is 22.7. The van der Waals surface area contributed by atoms with E-state index in [1.807, 2.05) is 70.7 Å². The summed E-state index contributed by atoms with van der Waals surface area (Å²) in [6.07, 6.45) is 5.48. The summed E-state index contributed by atoms with van der Waals surface area (Å²) in [5.41, 5.74) is 2.33. The van der Waals surface area contributed by atoms with Crippen LogP contribution in [0, 0.1) is 22.7 Å². The predicted molar refractivity (Wildman–Crippen MR) is 228 cm³/mol. The van der Waals surface area contributed by atoms with Crippen LogP contribution in [0.15, 0.2) is 36.4 Å². The highest BCUT2D eigenvalue weighted by Crippen LogP contribution is 2.46. The quantitative estimate of drug-likeness (QED) is 0.269. The third-order valence-corrected chi connectivity index (χ3v) is 12.1. The van der Waals surface area contributed by atoms with Gasteiger partial charge in [0.05, 0.1) is 12.1 Å². The number of ether oxygens (including phenoxy) is 4. The molecule has 12 heteroatoms. The summed E-state index contributed by atoms with van der Waals surface area (Å²) in [5, 5.41) is 9.93. The van der Waals surface area contributed by atoms with E-state index in [1.165, 1.54) is 0 Å². The molecule has 3 saturated heterocycles. The molecule has 6 rings (SSSR count). The number of hydrogen-bond donors (Lipinski definition) is 0. The van der Waals surface area contributed by atoms with Gasteiger partial charge in [-0.15, -0.1) is 0 Å². The van der Waals surface area contributed by atoms with Crippen LogP contribution in [-0.2, 0) is 9.47 Å². The predicted octanol–water partition coefficient (Wildman–Crippen LogP) is 9.01. The van der Waals surface area contributed by atoms with Gasteiger partial charge in [0.1, 0.15) is 41.0 Å². The second-order valence-electron chi connectivity index (χ2n) is 20.0. The molecule has 4 fully saturated rings. The molecule has 0 unspecified atom stereocenters. The van der Waals surface area contributed by atoms with Gasteiger partial charge in [-0.2, -0.15) is 5.26 Å². The zero-order chi connectivity index (χ0) is 42.7. The van der Waals surface area contributed by atoms with Crippen molar-refractivity contribution in [3.05, 3.63) is 53.1 Å². The minimum Gasteiger partial charge on any atom is -0.489 e. The molecule has 0 spiro atoms. The van der Waals surface area contributed by atoms with Gasteiger partial charge < -0.3 is 38.5 Å². The molecule has 322 valence electrons. The van der Waals surface area contributed by atoms with Crippen molar-refractivity contribution in [2.75, 3.05) is 57.3 Å². The number of hydrogen-bond acceptors (Lipinski definition) is 9. The van der Waals surface area contributed by atoms with Crippen LogP contribution in [0.2, 0.25) is 0 Å². The summed E-state index contributed by atoms with van der Waals surface area (Å²) in [6, 6.07) is 13.9. The van der Waals surface area contributed by atoms with E-state index in [4.69, 9.17) is 18.9 Å². The first-order chi connectivity index (χ1) is 27.8. The smallest absolute Gasteiger partial charge is 0.410 e. The highest BCUT2D eigenvalue weighted by molar-refractivity contribution is 5.94.